The molecule has 0 radical (unpaired) electrons. The maximum absolute atomic E-state index is 12.0. The summed E-state index contributed by atoms with van der Waals surface area (Å²) in [6, 6.07) is 28.6. The molecule has 0 aromatic heterocycles. The predicted octanol–water partition coefficient (Wildman–Crippen LogP) is 3.60. The van der Waals surface area contributed by atoms with Gasteiger partial charge < -0.3 is 29.4 Å². The molecule has 1 fully saturated rings. The summed E-state index contributed by atoms with van der Waals surface area (Å²) in [5.41, 5.74) is 2.99. The Hall–Kier alpha value is -3.07. The fourth-order valence-electron chi connectivity index (χ4n) is 4.24. The highest BCUT2D eigenvalue weighted by molar-refractivity contribution is 5.73. The first kappa shape index (κ1) is 26.0. The molecular weight excluding hydrogens is 458 g/mol. The molecule has 0 aliphatic carbocycles. The van der Waals surface area contributed by atoms with Gasteiger partial charge in [0.1, 0.15) is 24.4 Å². The molecule has 7 heteroatoms. The maximum atomic E-state index is 12.0. The van der Waals surface area contributed by atoms with Gasteiger partial charge in [-0.1, -0.05) is 91.0 Å². The van der Waals surface area contributed by atoms with Gasteiger partial charge in [-0.05, 0) is 16.7 Å². The van der Waals surface area contributed by atoms with E-state index in [9.17, 15) is 9.90 Å². The summed E-state index contributed by atoms with van der Waals surface area (Å²) < 4.78 is 24.6. The van der Waals surface area contributed by atoms with Crippen LogP contribution in [0, 0.1) is 0 Å². The molecule has 3 aromatic carbocycles. The van der Waals surface area contributed by atoms with E-state index in [4.69, 9.17) is 18.9 Å². The minimum absolute atomic E-state index is 0.184. The topological polar surface area (TPSA) is 86.3 Å². The molecule has 1 amide bonds. The molecule has 1 aliphatic heterocycles. The van der Waals surface area contributed by atoms with Crippen molar-refractivity contribution in [1.29, 1.82) is 0 Å². The van der Waals surface area contributed by atoms with Gasteiger partial charge in [-0.25, -0.2) is 0 Å². The van der Waals surface area contributed by atoms with Crippen LogP contribution in [-0.2, 0) is 43.6 Å². The first-order valence-corrected chi connectivity index (χ1v) is 12.1. The zero-order chi connectivity index (χ0) is 25.2. The Labute approximate surface area is 212 Å². The van der Waals surface area contributed by atoms with Crippen molar-refractivity contribution >= 4 is 5.91 Å². The van der Waals surface area contributed by atoms with Crippen molar-refractivity contribution in [2.24, 2.45) is 0 Å². The quantitative estimate of drug-likeness (QED) is 0.426. The lowest BCUT2D eigenvalue weighted by Crippen LogP contribution is -2.65. The average Bonchev–Trinajstić information content (AvgIpc) is 2.90. The van der Waals surface area contributed by atoms with Crippen molar-refractivity contribution < 1.29 is 28.8 Å². The highest BCUT2D eigenvalue weighted by atomic mass is 16.7. The summed E-state index contributed by atoms with van der Waals surface area (Å²) in [5.74, 6) is -0.295. The molecule has 5 atom stereocenters. The van der Waals surface area contributed by atoms with E-state index in [-0.39, 0.29) is 19.1 Å². The van der Waals surface area contributed by atoms with Gasteiger partial charge in [-0.2, -0.15) is 0 Å². The van der Waals surface area contributed by atoms with Crippen molar-refractivity contribution in [2.75, 3.05) is 6.61 Å². The van der Waals surface area contributed by atoms with Gasteiger partial charge in [0.2, 0.25) is 5.91 Å². The van der Waals surface area contributed by atoms with E-state index < -0.39 is 30.6 Å². The molecule has 3 aromatic rings. The molecule has 2 N–H and O–H groups in total. The van der Waals surface area contributed by atoms with E-state index in [0.29, 0.717) is 13.2 Å². The molecule has 190 valence electrons. The standard InChI is InChI=1S/C29H33NO6/c1-21(31)30-26-28(35-19-24-15-9-4-10-16-24)27(34-18-23-13-7-3-8-14-23)25(36-29(26)32)20-33-17-22-11-5-2-6-12-22/h2-16,25-29,32H,17-20H2,1H3,(H,30,31)/t25-,26+,27+,28+,29+/m0/s1. The SMILES string of the molecule is CC(=O)N[C@@H]1[C@@H](OCc2ccccc2)[C@H](OCc2ccccc2)[C@H](COCc2ccccc2)O[C@H]1O. The van der Waals surface area contributed by atoms with E-state index in [1.165, 1.54) is 6.92 Å². The number of carbonyl (C=O) groups is 1. The van der Waals surface area contributed by atoms with Gasteiger partial charge in [0, 0.05) is 6.92 Å². The number of ether oxygens (including phenoxy) is 4. The zero-order valence-electron chi connectivity index (χ0n) is 20.4. The molecule has 0 unspecified atom stereocenters. The summed E-state index contributed by atoms with van der Waals surface area (Å²) >= 11 is 0. The van der Waals surface area contributed by atoms with Gasteiger partial charge in [-0.15, -0.1) is 0 Å². The van der Waals surface area contributed by atoms with Crippen molar-refractivity contribution in [3.63, 3.8) is 0 Å². The predicted molar refractivity (Wildman–Crippen MR) is 135 cm³/mol. The number of aliphatic hydroxyl groups is 1. The molecule has 0 saturated carbocycles. The number of aliphatic hydroxyl groups excluding tert-OH is 1. The molecule has 1 heterocycles. The van der Waals surface area contributed by atoms with Crippen LogP contribution in [0.5, 0.6) is 0 Å². The summed E-state index contributed by atoms with van der Waals surface area (Å²) in [4.78, 5) is 12.0. The minimum atomic E-state index is -1.28. The van der Waals surface area contributed by atoms with Crippen LogP contribution in [0.3, 0.4) is 0 Å². The van der Waals surface area contributed by atoms with Crippen LogP contribution in [0.2, 0.25) is 0 Å². The van der Waals surface area contributed by atoms with Gasteiger partial charge in [0.15, 0.2) is 6.29 Å². The summed E-state index contributed by atoms with van der Waals surface area (Å²) in [6.45, 7) is 2.58. The number of carbonyl (C=O) groups excluding carboxylic acids is 1. The van der Waals surface area contributed by atoms with E-state index in [0.717, 1.165) is 16.7 Å². The van der Waals surface area contributed by atoms with Crippen molar-refractivity contribution in [1.82, 2.24) is 5.32 Å². The number of hydrogen-bond donors (Lipinski definition) is 2. The average molecular weight is 492 g/mol. The number of rotatable bonds is 11. The van der Waals surface area contributed by atoms with Gasteiger partial charge in [0.25, 0.3) is 0 Å². The van der Waals surface area contributed by atoms with Crippen molar-refractivity contribution in [3.05, 3.63) is 108 Å². The monoisotopic (exact) mass is 491 g/mol. The number of nitrogens with one attached hydrogen (secondary N) is 1. The Bertz CT molecular complexity index is 1050. The van der Waals surface area contributed by atoms with E-state index in [1.807, 2.05) is 91.0 Å². The van der Waals surface area contributed by atoms with Crippen LogP contribution < -0.4 is 5.32 Å². The van der Waals surface area contributed by atoms with Crippen molar-refractivity contribution in [2.45, 2.75) is 57.4 Å². The molecular formula is C29H33NO6. The third-order valence-corrected chi connectivity index (χ3v) is 6.00. The number of amides is 1. The Balaban J connectivity index is 1.53. The number of benzene rings is 3. The maximum Gasteiger partial charge on any atom is 0.217 e. The van der Waals surface area contributed by atoms with Crippen LogP contribution >= 0.6 is 0 Å². The lowest BCUT2D eigenvalue weighted by molar-refractivity contribution is -0.277. The minimum Gasteiger partial charge on any atom is -0.374 e. The lowest BCUT2D eigenvalue weighted by Gasteiger charge is -2.44. The van der Waals surface area contributed by atoms with Gasteiger partial charge >= 0.3 is 0 Å². The second-order valence-corrected chi connectivity index (χ2v) is 8.81. The second kappa shape index (κ2) is 13.3. The fourth-order valence-corrected chi connectivity index (χ4v) is 4.24. The smallest absolute Gasteiger partial charge is 0.217 e. The molecule has 1 aliphatic rings. The van der Waals surface area contributed by atoms with E-state index in [2.05, 4.69) is 5.32 Å². The van der Waals surface area contributed by atoms with E-state index in [1.54, 1.807) is 0 Å². The summed E-state index contributed by atoms with van der Waals surface area (Å²) in [5, 5.41) is 13.6. The molecule has 1 saturated heterocycles. The fraction of sp³-hybridized carbons (Fsp3) is 0.345. The molecule has 7 nitrogen and oxygen atoms in total. The lowest BCUT2D eigenvalue weighted by atomic mass is 9.96. The number of hydrogen-bond acceptors (Lipinski definition) is 6. The Kier molecular flexibility index (Phi) is 9.61. The van der Waals surface area contributed by atoms with Crippen LogP contribution in [0.15, 0.2) is 91.0 Å². The second-order valence-electron chi connectivity index (χ2n) is 8.81. The zero-order valence-corrected chi connectivity index (χ0v) is 20.4. The molecule has 0 spiro atoms. The molecule has 4 rings (SSSR count). The van der Waals surface area contributed by atoms with Crippen LogP contribution in [0.4, 0.5) is 0 Å². The Morgan fingerprint density at radius 3 is 1.75 bits per heavy atom. The first-order valence-electron chi connectivity index (χ1n) is 12.1. The van der Waals surface area contributed by atoms with Crippen LogP contribution in [-0.4, -0.2) is 48.3 Å². The molecule has 36 heavy (non-hydrogen) atoms. The summed E-state index contributed by atoms with van der Waals surface area (Å²) in [6.07, 6.45) is -3.17. The largest absolute Gasteiger partial charge is 0.374 e. The normalized spacial score (nSPS) is 23.8. The summed E-state index contributed by atoms with van der Waals surface area (Å²) in [7, 11) is 0. The Morgan fingerprint density at radius 1 is 0.778 bits per heavy atom. The first-order chi connectivity index (χ1) is 17.6. The highest BCUT2D eigenvalue weighted by Crippen LogP contribution is 2.27. The third kappa shape index (κ3) is 7.46. The Morgan fingerprint density at radius 2 is 1.25 bits per heavy atom. The van der Waals surface area contributed by atoms with Crippen molar-refractivity contribution in [3.8, 4) is 0 Å². The van der Waals surface area contributed by atoms with Crippen LogP contribution in [0.25, 0.3) is 0 Å². The molecule has 0 bridgehead atoms. The van der Waals surface area contributed by atoms with E-state index >= 15 is 0 Å². The van der Waals surface area contributed by atoms with Gasteiger partial charge in [0.05, 0.1) is 26.4 Å². The highest BCUT2D eigenvalue weighted by Gasteiger charge is 2.47. The van der Waals surface area contributed by atoms with Gasteiger partial charge in [-0.3, -0.25) is 4.79 Å². The van der Waals surface area contributed by atoms with Crippen LogP contribution in [0.1, 0.15) is 23.6 Å². The third-order valence-electron chi connectivity index (χ3n) is 6.00.